The van der Waals surface area contributed by atoms with E-state index in [0.29, 0.717) is 0 Å². The van der Waals surface area contributed by atoms with Gasteiger partial charge in [0.05, 0.1) is 0 Å². The molecule has 0 radical (unpaired) electrons. The molecule has 0 aromatic carbocycles. The molecule has 0 N–H and O–H groups in total. The predicted molar refractivity (Wildman–Crippen MR) is 53.9 cm³/mol. The Morgan fingerprint density at radius 1 is 1.40 bits per heavy atom. The summed E-state index contributed by atoms with van der Waals surface area (Å²) < 4.78 is 11.1. The van der Waals surface area contributed by atoms with Crippen molar-refractivity contribution in [2.24, 2.45) is 7.05 Å². The van der Waals surface area contributed by atoms with Crippen LogP contribution in [0.3, 0.4) is 0 Å². The van der Waals surface area contributed by atoms with E-state index in [2.05, 4.69) is 0 Å². The van der Waals surface area contributed by atoms with Crippen LogP contribution in [0.15, 0.2) is 9.32 Å². The molecule has 5 heteroatoms. The highest BCUT2D eigenvalue weighted by atomic mass is 16.6. The number of aromatic nitrogens is 1. The predicted octanol–water partition coefficient (Wildman–Crippen LogP) is 1.24. The van der Waals surface area contributed by atoms with Crippen LogP contribution in [0.5, 0.6) is 0 Å². The van der Waals surface area contributed by atoms with E-state index in [1.165, 1.54) is 7.05 Å². The maximum absolute atomic E-state index is 11.6. The Balaban J connectivity index is 3.07. The number of hydrogen-bond acceptors (Lipinski definition) is 4. The van der Waals surface area contributed by atoms with Crippen LogP contribution in [0.25, 0.3) is 0 Å². The zero-order valence-electron chi connectivity index (χ0n) is 9.58. The third-order valence-electron chi connectivity index (χ3n) is 1.73. The summed E-state index contributed by atoms with van der Waals surface area (Å²) in [4.78, 5) is 23.1. The summed E-state index contributed by atoms with van der Waals surface area (Å²) in [6, 6.07) is 0. The maximum atomic E-state index is 11.6. The molecule has 0 amide bonds. The topological polar surface area (TPSA) is 61.4 Å². The zero-order valence-corrected chi connectivity index (χ0v) is 9.58. The van der Waals surface area contributed by atoms with E-state index >= 15 is 0 Å². The van der Waals surface area contributed by atoms with E-state index < -0.39 is 17.1 Å². The first-order valence-corrected chi connectivity index (χ1v) is 4.62. The second-order valence-electron chi connectivity index (χ2n) is 4.33. The van der Waals surface area contributed by atoms with Gasteiger partial charge in [-0.25, -0.2) is 4.79 Å². The average molecular weight is 213 g/mol. The maximum Gasteiger partial charge on any atom is 0.348 e. The Morgan fingerprint density at radius 3 is 2.27 bits per heavy atom. The lowest BCUT2D eigenvalue weighted by atomic mass is 10.2. The number of ether oxygens (including phenoxy) is 1. The number of carbonyl (C=O) groups is 1. The average Bonchev–Trinajstić information content (AvgIpc) is 2.22. The highest BCUT2D eigenvalue weighted by molar-refractivity contribution is 5.90. The number of carbonyl (C=O) groups excluding carboxylic acids is 1. The molecule has 84 valence electrons. The Morgan fingerprint density at radius 2 is 1.93 bits per heavy atom. The first kappa shape index (κ1) is 11.6. The summed E-state index contributed by atoms with van der Waals surface area (Å²) in [5.41, 5.74) is -1.12. The molecule has 0 saturated heterocycles. The quantitative estimate of drug-likeness (QED) is 0.658. The zero-order chi connectivity index (χ0) is 11.8. The van der Waals surface area contributed by atoms with Crippen LogP contribution >= 0.6 is 0 Å². The van der Waals surface area contributed by atoms with Gasteiger partial charge in [-0.2, -0.15) is 4.74 Å². The molecule has 0 bridgehead atoms. The van der Waals surface area contributed by atoms with Crippen molar-refractivity contribution in [1.82, 2.24) is 4.74 Å². The molecule has 1 aromatic rings. The lowest BCUT2D eigenvalue weighted by Gasteiger charge is -2.18. The minimum Gasteiger partial charge on any atom is -0.456 e. The van der Waals surface area contributed by atoms with Crippen LogP contribution < -0.4 is 5.56 Å². The van der Waals surface area contributed by atoms with Gasteiger partial charge < -0.3 is 9.26 Å². The Labute approximate surface area is 87.6 Å². The molecule has 0 fully saturated rings. The molecular weight excluding hydrogens is 198 g/mol. The van der Waals surface area contributed by atoms with Crippen LogP contribution in [0, 0.1) is 6.92 Å². The molecule has 0 saturated carbocycles. The molecule has 0 unspecified atom stereocenters. The Kier molecular flexibility index (Phi) is 2.75. The standard InChI is InChI=1S/C10H15NO4/c1-6-7(8(12)11(5)15-6)9(13)14-10(2,3)4/h1-5H3. The van der Waals surface area contributed by atoms with E-state index in [0.717, 1.165) is 4.74 Å². The van der Waals surface area contributed by atoms with Crippen LogP contribution in [0.4, 0.5) is 0 Å². The molecule has 5 nitrogen and oxygen atoms in total. The van der Waals surface area contributed by atoms with Crippen molar-refractivity contribution in [2.45, 2.75) is 33.3 Å². The van der Waals surface area contributed by atoms with Crippen molar-refractivity contribution in [2.75, 3.05) is 0 Å². The van der Waals surface area contributed by atoms with Crippen molar-refractivity contribution >= 4 is 5.97 Å². The molecule has 15 heavy (non-hydrogen) atoms. The smallest absolute Gasteiger partial charge is 0.348 e. The fraction of sp³-hybridized carbons (Fsp3) is 0.600. The van der Waals surface area contributed by atoms with E-state index in [-0.39, 0.29) is 11.3 Å². The van der Waals surface area contributed by atoms with E-state index in [1.54, 1.807) is 27.7 Å². The SMILES string of the molecule is Cc1on(C)c(=O)c1C(=O)OC(C)(C)C. The summed E-state index contributed by atoms with van der Waals surface area (Å²) in [7, 11) is 1.45. The lowest BCUT2D eigenvalue weighted by molar-refractivity contribution is 0.00665. The molecule has 0 aliphatic rings. The van der Waals surface area contributed by atoms with Gasteiger partial charge in [-0.1, -0.05) is 0 Å². The minimum absolute atomic E-state index is 0.0348. The largest absolute Gasteiger partial charge is 0.456 e. The monoisotopic (exact) mass is 213 g/mol. The van der Waals surface area contributed by atoms with Gasteiger partial charge in [0.1, 0.15) is 11.4 Å². The molecular formula is C10H15NO4. The van der Waals surface area contributed by atoms with Crippen molar-refractivity contribution in [3.63, 3.8) is 0 Å². The highest BCUT2D eigenvalue weighted by Crippen LogP contribution is 2.12. The van der Waals surface area contributed by atoms with Crippen molar-refractivity contribution in [3.8, 4) is 0 Å². The Bertz CT molecular complexity index is 433. The van der Waals surface area contributed by atoms with Gasteiger partial charge in [-0.15, -0.1) is 0 Å². The number of aryl methyl sites for hydroxylation is 2. The summed E-state index contributed by atoms with van der Waals surface area (Å²) in [6.45, 7) is 6.78. The van der Waals surface area contributed by atoms with E-state index in [9.17, 15) is 9.59 Å². The first-order chi connectivity index (χ1) is 6.72. The van der Waals surface area contributed by atoms with E-state index in [1.807, 2.05) is 0 Å². The number of nitrogens with zero attached hydrogens (tertiary/aromatic N) is 1. The van der Waals surface area contributed by atoms with Gasteiger partial charge in [-0.3, -0.25) is 4.79 Å². The van der Waals surface area contributed by atoms with Crippen molar-refractivity contribution < 1.29 is 14.1 Å². The lowest BCUT2D eigenvalue weighted by Crippen LogP contribution is -2.28. The molecule has 0 aliphatic heterocycles. The van der Waals surface area contributed by atoms with Crippen molar-refractivity contribution in [1.29, 1.82) is 0 Å². The molecule has 1 aromatic heterocycles. The summed E-state index contributed by atoms with van der Waals surface area (Å²) in [5, 5.41) is 0. The van der Waals surface area contributed by atoms with Gasteiger partial charge in [0.25, 0.3) is 5.56 Å². The number of rotatable bonds is 1. The molecule has 1 heterocycles. The fourth-order valence-electron chi connectivity index (χ4n) is 1.16. The van der Waals surface area contributed by atoms with Gasteiger partial charge in [0, 0.05) is 7.05 Å². The second-order valence-corrected chi connectivity index (χ2v) is 4.33. The Hall–Kier alpha value is -1.52. The van der Waals surface area contributed by atoms with Crippen LogP contribution in [0.2, 0.25) is 0 Å². The first-order valence-electron chi connectivity index (χ1n) is 4.62. The van der Waals surface area contributed by atoms with E-state index in [4.69, 9.17) is 9.26 Å². The normalized spacial score (nSPS) is 11.5. The summed E-state index contributed by atoms with van der Waals surface area (Å²) >= 11 is 0. The fourth-order valence-corrected chi connectivity index (χ4v) is 1.16. The highest BCUT2D eigenvalue weighted by Gasteiger charge is 2.25. The minimum atomic E-state index is -0.644. The molecule has 0 atom stereocenters. The second kappa shape index (κ2) is 3.56. The number of hydrogen-bond donors (Lipinski definition) is 0. The van der Waals surface area contributed by atoms with Crippen LogP contribution in [0.1, 0.15) is 36.9 Å². The van der Waals surface area contributed by atoms with Crippen molar-refractivity contribution in [3.05, 3.63) is 21.7 Å². The summed E-state index contributed by atoms with van der Waals surface area (Å²) in [6.07, 6.45) is 0. The van der Waals surface area contributed by atoms with Gasteiger partial charge in [0.15, 0.2) is 5.56 Å². The van der Waals surface area contributed by atoms with Crippen LogP contribution in [-0.2, 0) is 11.8 Å². The van der Waals surface area contributed by atoms with Gasteiger partial charge >= 0.3 is 5.97 Å². The van der Waals surface area contributed by atoms with Gasteiger partial charge in [-0.05, 0) is 27.7 Å². The molecule has 0 aliphatic carbocycles. The van der Waals surface area contributed by atoms with Gasteiger partial charge in [0.2, 0.25) is 0 Å². The third-order valence-corrected chi connectivity index (χ3v) is 1.73. The number of esters is 1. The summed E-state index contributed by atoms with van der Waals surface area (Å²) in [5.74, 6) is -0.369. The molecule has 1 rings (SSSR count). The third kappa shape index (κ3) is 2.49. The molecule has 0 spiro atoms. The van der Waals surface area contributed by atoms with Crippen LogP contribution in [-0.4, -0.2) is 16.3 Å².